The average Bonchev–Trinajstić information content (AvgIpc) is 2.60. The number of halogens is 1. The van der Waals surface area contributed by atoms with Gasteiger partial charge in [0, 0.05) is 38.6 Å². The van der Waals surface area contributed by atoms with Crippen molar-refractivity contribution in [3.05, 3.63) is 30.1 Å². The number of amides is 1. The molecule has 0 atom stereocenters. The minimum absolute atomic E-state index is 0. The summed E-state index contributed by atoms with van der Waals surface area (Å²) in [6.45, 7) is 3.49. The van der Waals surface area contributed by atoms with E-state index in [0.717, 1.165) is 11.9 Å². The van der Waals surface area contributed by atoms with Crippen molar-refractivity contribution >= 4 is 35.8 Å². The highest BCUT2D eigenvalue weighted by atomic mass is 127. The minimum Gasteiger partial charge on any atom is -0.355 e. The SMILES string of the molecule is CN=C(NCCNC(=O)c1cccnc1)NC1CCC(C)CC1.I. The number of carbonyl (C=O) groups is 1. The van der Waals surface area contributed by atoms with Crippen molar-refractivity contribution in [3.8, 4) is 0 Å². The Morgan fingerprint density at radius 2 is 1.96 bits per heavy atom. The van der Waals surface area contributed by atoms with Gasteiger partial charge in [-0.05, 0) is 43.7 Å². The van der Waals surface area contributed by atoms with Crippen LogP contribution >= 0.6 is 24.0 Å². The molecule has 1 aromatic rings. The van der Waals surface area contributed by atoms with Crippen LogP contribution in [0.5, 0.6) is 0 Å². The Morgan fingerprint density at radius 1 is 1.25 bits per heavy atom. The lowest BCUT2D eigenvalue weighted by atomic mass is 9.87. The van der Waals surface area contributed by atoms with Crippen LogP contribution in [0.4, 0.5) is 0 Å². The molecule has 1 aliphatic rings. The largest absolute Gasteiger partial charge is 0.355 e. The first kappa shape index (κ1) is 20.7. The van der Waals surface area contributed by atoms with Crippen molar-refractivity contribution < 1.29 is 4.79 Å². The van der Waals surface area contributed by atoms with Crippen LogP contribution in [0.25, 0.3) is 0 Å². The summed E-state index contributed by atoms with van der Waals surface area (Å²) in [4.78, 5) is 20.1. The summed E-state index contributed by atoms with van der Waals surface area (Å²) < 4.78 is 0. The van der Waals surface area contributed by atoms with Crippen LogP contribution in [0.15, 0.2) is 29.5 Å². The number of aromatic nitrogens is 1. The third-order valence-electron chi connectivity index (χ3n) is 4.21. The van der Waals surface area contributed by atoms with Gasteiger partial charge in [-0.2, -0.15) is 0 Å². The van der Waals surface area contributed by atoms with Crippen LogP contribution < -0.4 is 16.0 Å². The lowest BCUT2D eigenvalue weighted by molar-refractivity contribution is 0.0954. The van der Waals surface area contributed by atoms with Gasteiger partial charge in [-0.25, -0.2) is 0 Å². The lowest BCUT2D eigenvalue weighted by Gasteiger charge is -2.28. The number of carbonyl (C=O) groups excluding carboxylic acids is 1. The van der Waals surface area contributed by atoms with E-state index in [2.05, 4.69) is 32.9 Å². The number of aliphatic imine (C=N–C) groups is 1. The predicted octanol–water partition coefficient (Wildman–Crippen LogP) is 2.17. The summed E-state index contributed by atoms with van der Waals surface area (Å²) in [7, 11) is 1.77. The summed E-state index contributed by atoms with van der Waals surface area (Å²) >= 11 is 0. The first-order valence-electron chi connectivity index (χ1n) is 8.34. The van der Waals surface area contributed by atoms with Gasteiger partial charge < -0.3 is 16.0 Å². The van der Waals surface area contributed by atoms with E-state index < -0.39 is 0 Å². The molecule has 3 N–H and O–H groups in total. The highest BCUT2D eigenvalue weighted by Gasteiger charge is 2.18. The van der Waals surface area contributed by atoms with Crippen LogP contribution in [0, 0.1) is 5.92 Å². The van der Waals surface area contributed by atoms with Crippen molar-refractivity contribution in [1.82, 2.24) is 20.9 Å². The van der Waals surface area contributed by atoms with Crippen LogP contribution in [0.2, 0.25) is 0 Å². The van der Waals surface area contributed by atoms with E-state index in [-0.39, 0.29) is 29.9 Å². The number of pyridine rings is 1. The quantitative estimate of drug-likeness (QED) is 0.281. The zero-order valence-corrected chi connectivity index (χ0v) is 16.7. The lowest BCUT2D eigenvalue weighted by Crippen LogP contribution is -2.46. The molecule has 134 valence electrons. The van der Waals surface area contributed by atoms with Gasteiger partial charge in [0.05, 0.1) is 5.56 Å². The Morgan fingerprint density at radius 3 is 2.58 bits per heavy atom. The summed E-state index contributed by atoms with van der Waals surface area (Å²) in [5.41, 5.74) is 0.575. The van der Waals surface area contributed by atoms with Crippen molar-refractivity contribution in [1.29, 1.82) is 0 Å². The number of guanidine groups is 1. The monoisotopic (exact) mass is 445 g/mol. The molecule has 1 fully saturated rings. The second kappa shape index (κ2) is 11.2. The molecule has 1 heterocycles. The van der Waals surface area contributed by atoms with Crippen molar-refractivity contribution in [2.75, 3.05) is 20.1 Å². The number of hydrogen-bond acceptors (Lipinski definition) is 3. The second-order valence-electron chi connectivity index (χ2n) is 6.10. The highest BCUT2D eigenvalue weighted by molar-refractivity contribution is 14.0. The molecule has 1 aromatic heterocycles. The zero-order valence-electron chi connectivity index (χ0n) is 14.4. The van der Waals surface area contributed by atoms with Crippen molar-refractivity contribution in [2.45, 2.75) is 38.6 Å². The molecule has 0 radical (unpaired) electrons. The summed E-state index contributed by atoms with van der Waals surface area (Å²) in [5, 5.41) is 9.57. The third kappa shape index (κ3) is 7.02. The Labute approximate surface area is 161 Å². The smallest absolute Gasteiger partial charge is 0.252 e. The molecular formula is C17H28IN5O. The normalized spacial score (nSPS) is 20.7. The first-order valence-corrected chi connectivity index (χ1v) is 8.34. The Kier molecular flexibility index (Phi) is 9.66. The minimum atomic E-state index is -0.107. The number of rotatable bonds is 5. The van der Waals surface area contributed by atoms with E-state index in [4.69, 9.17) is 0 Å². The fraction of sp³-hybridized carbons (Fsp3) is 0.588. The molecule has 0 bridgehead atoms. The van der Waals surface area contributed by atoms with Gasteiger partial charge in [0.25, 0.3) is 5.91 Å². The van der Waals surface area contributed by atoms with Gasteiger partial charge in [-0.3, -0.25) is 14.8 Å². The molecule has 1 aliphatic carbocycles. The molecule has 24 heavy (non-hydrogen) atoms. The van der Waals surface area contributed by atoms with E-state index in [9.17, 15) is 4.79 Å². The van der Waals surface area contributed by atoms with E-state index in [1.165, 1.54) is 25.7 Å². The molecular weight excluding hydrogens is 417 g/mol. The number of hydrogen-bond donors (Lipinski definition) is 3. The van der Waals surface area contributed by atoms with Gasteiger partial charge >= 0.3 is 0 Å². The third-order valence-corrected chi connectivity index (χ3v) is 4.21. The van der Waals surface area contributed by atoms with E-state index >= 15 is 0 Å². The number of nitrogens with zero attached hydrogens (tertiary/aromatic N) is 2. The van der Waals surface area contributed by atoms with E-state index in [1.807, 2.05) is 0 Å². The molecule has 0 spiro atoms. The van der Waals surface area contributed by atoms with Gasteiger partial charge in [0.15, 0.2) is 5.96 Å². The van der Waals surface area contributed by atoms with E-state index in [0.29, 0.717) is 24.7 Å². The average molecular weight is 445 g/mol. The Bertz CT molecular complexity index is 515. The topological polar surface area (TPSA) is 78.4 Å². The summed E-state index contributed by atoms with van der Waals surface area (Å²) in [6, 6.07) is 4.01. The van der Waals surface area contributed by atoms with Crippen LogP contribution in [0.1, 0.15) is 43.0 Å². The maximum Gasteiger partial charge on any atom is 0.252 e. The van der Waals surface area contributed by atoms with Crippen LogP contribution in [0.3, 0.4) is 0 Å². The molecule has 6 nitrogen and oxygen atoms in total. The molecule has 1 saturated carbocycles. The van der Waals surface area contributed by atoms with Gasteiger partial charge in [0.1, 0.15) is 0 Å². The standard InChI is InChI=1S/C17H27N5O.HI/c1-13-5-7-15(8-6-13)22-17(18-2)21-11-10-20-16(23)14-4-3-9-19-12-14;/h3-4,9,12-13,15H,5-8,10-11H2,1-2H3,(H,20,23)(H2,18,21,22);1H. The maximum atomic E-state index is 11.9. The molecule has 0 saturated heterocycles. The maximum absolute atomic E-state index is 11.9. The summed E-state index contributed by atoms with van der Waals surface area (Å²) in [6.07, 6.45) is 8.15. The Hall–Kier alpha value is -1.38. The van der Waals surface area contributed by atoms with Gasteiger partial charge in [-0.15, -0.1) is 24.0 Å². The van der Waals surface area contributed by atoms with Crippen molar-refractivity contribution in [2.24, 2.45) is 10.9 Å². The fourth-order valence-corrected chi connectivity index (χ4v) is 2.75. The highest BCUT2D eigenvalue weighted by Crippen LogP contribution is 2.23. The molecule has 1 amide bonds. The first-order chi connectivity index (χ1) is 11.2. The number of nitrogens with one attached hydrogen (secondary N) is 3. The zero-order chi connectivity index (χ0) is 16.5. The molecule has 0 unspecified atom stereocenters. The van der Waals surface area contributed by atoms with Gasteiger partial charge in [-0.1, -0.05) is 6.92 Å². The Balaban J connectivity index is 0.00000288. The van der Waals surface area contributed by atoms with Gasteiger partial charge in [0.2, 0.25) is 0 Å². The van der Waals surface area contributed by atoms with Crippen LogP contribution in [-0.2, 0) is 0 Å². The molecule has 0 aliphatic heterocycles. The predicted molar refractivity (Wildman–Crippen MR) is 108 cm³/mol. The molecule has 2 rings (SSSR count). The van der Waals surface area contributed by atoms with Crippen LogP contribution in [-0.4, -0.2) is 43.0 Å². The fourth-order valence-electron chi connectivity index (χ4n) is 2.75. The van der Waals surface area contributed by atoms with Crippen molar-refractivity contribution in [3.63, 3.8) is 0 Å². The molecule has 7 heteroatoms. The summed E-state index contributed by atoms with van der Waals surface area (Å²) in [5.74, 6) is 1.54. The van der Waals surface area contributed by atoms with E-state index in [1.54, 1.807) is 31.6 Å². The molecule has 0 aromatic carbocycles. The second-order valence-corrected chi connectivity index (χ2v) is 6.10.